The van der Waals surface area contributed by atoms with Crippen molar-refractivity contribution in [3.8, 4) is 11.5 Å². The number of methoxy groups -OCH3 is 1. The Labute approximate surface area is 157 Å². The van der Waals surface area contributed by atoms with E-state index in [1.807, 2.05) is 37.3 Å². The second-order valence-corrected chi connectivity index (χ2v) is 6.77. The van der Waals surface area contributed by atoms with Crippen molar-refractivity contribution in [2.45, 2.75) is 24.9 Å². The number of fused-ring (bicyclic) bond motifs is 2. The van der Waals surface area contributed by atoms with Crippen LogP contribution in [-0.2, 0) is 15.1 Å². The molecule has 5 nitrogen and oxygen atoms in total. The van der Waals surface area contributed by atoms with Crippen LogP contribution in [0.25, 0.3) is 10.8 Å². The molecular weight excluding hydrogens is 342 g/mol. The number of nitrogens with one attached hydrogen (secondary N) is 1. The zero-order valence-corrected chi connectivity index (χ0v) is 15.2. The predicted octanol–water partition coefficient (Wildman–Crippen LogP) is 3.72. The van der Waals surface area contributed by atoms with Crippen LogP contribution in [-0.4, -0.2) is 23.3 Å². The summed E-state index contributed by atoms with van der Waals surface area (Å²) in [5, 5.41) is 26.6. The summed E-state index contributed by atoms with van der Waals surface area (Å²) in [6.07, 6.45) is 0.362. The van der Waals surface area contributed by atoms with Gasteiger partial charge in [-0.05, 0) is 12.0 Å². The Morgan fingerprint density at radius 1 is 1.04 bits per heavy atom. The molecule has 138 valence electrons. The van der Waals surface area contributed by atoms with E-state index in [2.05, 4.69) is 5.32 Å². The molecule has 1 heterocycles. The van der Waals surface area contributed by atoms with Crippen LogP contribution >= 0.6 is 0 Å². The summed E-state index contributed by atoms with van der Waals surface area (Å²) in [6, 6.07) is 16.2. The lowest BCUT2D eigenvalue weighted by atomic mass is 9.84. The number of esters is 1. The van der Waals surface area contributed by atoms with Gasteiger partial charge >= 0.3 is 5.97 Å². The van der Waals surface area contributed by atoms with Crippen molar-refractivity contribution in [3.05, 3.63) is 71.3 Å². The monoisotopic (exact) mass is 363 g/mol. The van der Waals surface area contributed by atoms with Gasteiger partial charge in [-0.2, -0.15) is 0 Å². The van der Waals surface area contributed by atoms with E-state index in [-0.39, 0.29) is 11.5 Å². The highest BCUT2D eigenvalue weighted by molar-refractivity contribution is 5.99. The van der Waals surface area contributed by atoms with Gasteiger partial charge in [0.25, 0.3) is 0 Å². The first kappa shape index (κ1) is 17.4. The van der Waals surface area contributed by atoms with Gasteiger partial charge in [-0.3, -0.25) is 5.32 Å². The molecule has 0 aromatic heterocycles. The molecule has 2 atom stereocenters. The van der Waals surface area contributed by atoms with Gasteiger partial charge in [0, 0.05) is 21.9 Å². The van der Waals surface area contributed by atoms with Crippen molar-refractivity contribution in [1.29, 1.82) is 0 Å². The lowest BCUT2D eigenvalue weighted by Crippen LogP contribution is -2.46. The van der Waals surface area contributed by atoms with Crippen LogP contribution in [0.2, 0.25) is 0 Å². The molecule has 0 saturated carbocycles. The molecule has 0 bridgehead atoms. The first-order valence-corrected chi connectivity index (χ1v) is 8.93. The smallest absolute Gasteiger partial charge is 0.330 e. The highest BCUT2D eigenvalue weighted by Crippen LogP contribution is 2.54. The molecule has 0 fully saturated rings. The standard InChI is InChI=1S/C22H21NO4/c1-3-22(21(26)27-2)17-16(18(23-22)13-9-5-4-6-10-13)19(24)14-11-7-8-12-15(14)20(17)25/h4-12,18,23-25H,3H2,1-2H3/t18-,22-/m1/s1. The molecule has 27 heavy (non-hydrogen) atoms. The van der Waals surface area contributed by atoms with Gasteiger partial charge in [0.1, 0.15) is 17.0 Å². The maximum absolute atomic E-state index is 12.8. The predicted molar refractivity (Wildman–Crippen MR) is 103 cm³/mol. The molecule has 1 aliphatic rings. The minimum Gasteiger partial charge on any atom is -0.507 e. The fourth-order valence-corrected chi connectivity index (χ4v) is 4.18. The van der Waals surface area contributed by atoms with Crippen LogP contribution in [0.3, 0.4) is 0 Å². The van der Waals surface area contributed by atoms with E-state index in [0.717, 1.165) is 5.56 Å². The highest BCUT2D eigenvalue weighted by atomic mass is 16.5. The van der Waals surface area contributed by atoms with Crippen molar-refractivity contribution in [2.75, 3.05) is 7.11 Å². The van der Waals surface area contributed by atoms with Crippen LogP contribution in [0.5, 0.6) is 11.5 Å². The lowest BCUT2D eigenvalue weighted by Gasteiger charge is -2.28. The fourth-order valence-electron chi connectivity index (χ4n) is 4.18. The zero-order chi connectivity index (χ0) is 19.2. The van der Waals surface area contributed by atoms with E-state index in [1.54, 1.807) is 24.3 Å². The number of ether oxygens (including phenoxy) is 1. The van der Waals surface area contributed by atoms with Crippen LogP contribution in [0.4, 0.5) is 0 Å². The van der Waals surface area contributed by atoms with Gasteiger partial charge < -0.3 is 14.9 Å². The zero-order valence-electron chi connectivity index (χ0n) is 15.2. The Kier molecular flexibility index (Phi) is 4.04. The number of rotatable bonds is 3. The summed E-state index contributed by atoms with van der Waals surface area (Å²) in [4.78, 5) is 12.8. The Bertz CT molecular complexity index is 1030. The van der Waals surface area contributed by atoms with Crippen molar-refractivity contribution in [2.24, 2.45) is 0 Å². The molecule has 3 N–H and O–H groups in total. The van der Waals surface area contributed by atoms with Gasteiger partial charge in [-0.15, -0.1) is 0 Å². The Balaban J connectivity index is 2.11. The van der Waals surface area contributed by atoms with Gasteiger partial charge in [0.15, 0.2) is 0 Å². The molecule has 5 heteroatoms. The van der Waals surface area contributed by atoms with Crippen LogP contribution in [0, 0.1) is 0 Å². The number of hydrogen-bond donors (Lipinski definition) is 3. The largest absolute Gasteiger partial charge is 0.507 e. The number of carbonyl (C=O) groups excluding carboxylic acids is 1. The molecule has 0 aliphatic carbocycles. The molecule has 3 aromatic rings. The Morgan fingerprint density at radius 2 is 1.63 bits per heavy atom. The summed E-state index contributed by atoms with van der Waals surface area (Å²) in [5.41, 5.74) is 0.561. The molecule has 0 unspecified atom stereocenters. The number of phenolic OH excluding ortho intramolecular Hbond substituents is 2. The van der Waals surface area contributed by atoms with Gasteiger partial charge in [-0.25, -0.2) is 4.79 Å². The molecule has 0 radical (unpaired) electrons. The van der Waals surface area contributed by atoms with E-state index in [1.165, 1.54) is 7.11 Å². The summed E-state index contributed by atoms with van der Waals surface area (Å²) in [7, 11) is 1.33. The first-order valence-electron chi connectivity index (χ1n) is 8.93. The fraction of sp³-hybridized carbons (Fsp3) is 0.227. The number of hydrogen-bond acceptors (Lipinski definition) is 5. The van der Waals surface area contributed by atoms with Crippen molar-refractivity contribution in [1.82, 2.24) is 5.32 Å². The van der Waals surface area contributed by atoms with E-state index in [9.17, 15) is 15.0 Å². The van der Waals surface area contributed by atoms with Crippen molar-refractivity contribution in [3.63, 3.8) is 0 Å². The second kappa shape index (κ2) is 6.28. The third-order valence-electron chi connectivity index (χ3n) is 5.50. The van der Waals surface area contributed by atoms with E-state index in [0.29, 0.717) is 28.3 Å². The van der Waals surface area contributed by atoms with Crippen LogP contribution in [0.1, 0.15) is 36.1 Å². The number of carbonyl (C=O) groups is 1. The molecule has 0 spiro atoms. The molecule has 0 amide bonds. The average Bonchev–Trinajstić information content (AvgIpc) is 3.09. The quantitative estimate of drug-likeness (QED) is 0.488. The summed E-state index contributed by atoms with van der Waals surface area (Å²) in [5.74, 6) is -0.426. The summed E-state index contributed by atoms with van der Waals surface area (Å²) < 4.78 is 5.08. The summed E-state index contributed by atoms with van der Waals surface area (Å²) in [6.45, 7) is 1.85. The number of phenols is 2. The third-order valence-corrected chi connectivity index (χ3v) is 5.50. The van der Waals surface area contributed by atoms with Crippen LogP contribution in [0.15, 0.2) is 54.6 Å². The molecule has 1 aliphatic heterocycles. The number of benzene rings is 3. The molecular formula is C22H21NO4. The Morgan fingerprint density at radius 3 is 2.22 bits per heavy atom. The average molecular weight is 363 g/mol. The Hall–Kier alpha value is -3.05. The second-order valence-electron chi connectivity index (χ2n) is 6.77. The minimum atomic E-state index is -1.24. The van der Waals surface area contributed by atoms with Gasteiger partial charge in [0.05, 0.1) is 13.2 Å². The van der Waals surface area contributed by atoms with E-state index >= 15 is 0 Å². The molecule has 3 aromatic carbocycles. The molecule has 0 saturated heterocycles. The summed E-state index contributed by atoms with van der Waals surface area (Å²) >= 11 is 0. The molecule has 4 rings (SSSR count). The number of aromatic hydroxyl groups is 2. The van der Waals surface area contributed by atoms with Gasteiger partial charge in [0.2, 0.25) is 0 Å². The SMILES string of the molecule is CC[C@@]1(C(=O)OC)N[C@H](c2ccccc2)c2c1c(O)c1ccccc1c2O. The minimum absolute atomic E-state index is 0.00317. The highest BCUT2D eigenvalue weighted by Gasteiger charge is 2.52. The van der Waals surface area contributed by atoms with Crippen molar-refractivity contribution >= 4 is 16.7 Å². The normalized spacial score (nSPS) is 21.2. The first-order chi connectivity index (χ1) is 13.0. The lowest BCUT2D eigenvalue weighted by molar-refractivity contribution is -0.149. The maximum atomic E-state index is 12.8. The van der Waals surface area contributed by atoms with Gasteiger partial charge in [-0.1, -0.05) is 61.5 Å². The topological polar surface area (TPSA) is 78.8 Å². The van der Waals surface area contributed by atoms with Crippen molar-refractivity contribution < 1.29 is 19.7 Å². The maximum Gasteiger partial charge on any atom is 0.330 e. The third kappa shape index (κ3) is 2.32. The van der Waals surface area contributed by atoms with Crippen LogP contribution < -0.4 is 5.32 Å². The van der Waals surface area contributed by atoms with E-state index in [4.69, 9.17) is 4.74 Å². The van der Waals surface area contributed by atoms with E-state index < -0.39 is 17.6 Å².